The smallest absolute Gasteiger partial charge is 0.257 e. The largest absolute Gasteiger partial charge is 0.332 e. The van der Waals surface area contributed by atoms with Crippen LogP contribution in [0.25, 0.3) is 0 Å². The number of likely N-dealkylation sites (tertiary alicyclic amines) is 1. The highest BCUT2D eigenvalue weighted by Crippen LogP contribution is 2.32. The fraction of sp³-hybridized carbons (Fsp3) is 0.476. The van der Waals surface area contributed by atoms with E-state index in [1.54, 1.807) is 6.20 Å². The first-order chi connectivity index (χ1) is 12.5. The first-order valence-corrected chi connectivity index (χ1v) is 9.30. The van der Waals surface area contributed by atoms with Crippen molar-refractivity contribution < 1.29 is 4.79 Å². The Kier molecular flexibility index (Phi) is 5.67. The molecule has 0 unspecified atom stereocenters. The number of aromatic nitrogens is 2. The van der Waals surface area contributed by atoms with E-state index in [0.29, 0.717) is 11.4 Å². The summed E-state index contributed by atoms with van der Waals surface area (Å²) in [5, 5.41) is 0. The number of hydrogen-bond donors (Lipinski definition) is 0. The zero-order valence-corrected chi connectivity index (χ0v) is 16.2. The maximum absolute atomic E-state index is 13.2. The van der Waals surface area contributed by atoms with E-state index in [4.69, 9.17) is 0 Å². The number of benzene rings is 1. The van der Waals surface area contributed by atoms with Crippen LogP contribution in [0.1, 0.15) is 58.3 Å². The molecule has 2 aromatic rings. The molecule has 0 radical (unpaired) electrons. The van der Waals surface area contributed by atoms with Crippen LogP contribution < -0.4 is 0 Å². The number of carbonyl (C=O) groups excluding carboxylic acids is 1. The summed E-state index contributed by atoms with van der Waals surface area (Å²) in [6.07, 6.45) is 4.88. The molecule has 1 amide bonds. The number of hydrogen-bond acceptors (Lipinski definition) is 4. The molecule has 0 spiro atoms. The second-order valence-electron chi connectivity index (χ2n) is 7.41. The average molecular weight is 352 g/mol. The lowest BCUT2D eigenvalue weighted by molar-refractivity contribution is 0.0609. The second kappa shape index (κ2) is 7.96. The van der Waals surface area contributed by atoms with Crippen molar-refractivity contribution in [2.45, 2.75) is 45.7 Å². The molecule has 1 aliphatic heterocycles. The van der Waals surface area contributed by atoms with Gasteiger partial charge in [-0.25, -0.2) is 9.97 Å². The van der Waals surface area contributed by atoms with Crippen LogP contribution in [0.3, 0.4) is 0 Å². The van der Waals surface area contributed by atoms with Gasteiger partial charge in [0, 0.05) is 19.3 Å². The second-order valence-corrected chi connectivity index (χ2v) is 7.41. The monoisotopic (exact) mass is 352 g/mol. The zero-order valence-electron chi connectivity index (χ0n) is 16.2. The van der Waals surface area contributed by atoms with E-state index in [9.17, 15) is 4.79 Å². The van der Waals surface area contributed by atoms with Crippen molar-refractivity contribution in [1.29, 1.82) is 0 Å². The van der Waals surface area contributed by atoms with Crippen LogP contribution in [-0.2, 0) is 6.54 Å². The predicted octanol–water partition coefficient (Wildman–Crippen LogP) is 3.52. The van der Waals surface area contributed by atoms with E-state index in [1.165, 1.54) is 11.1 Å². The van der Waals surface area contributed by atoms with Gasteiger partial charge in [-0.15, -0.1) is 0 Å². The van der Waals surface area contributed by atoms with Crippen molar-refractivity contribution in [3.8, 4) is 0 Å². The molecule has 26 heavy (non-hydrogen) atoms. The number of amides is 1. The quantitative estimate of drug-likeness (QED) is 0.845. The van der Waals surface area contributed by atoms with Crippen molar-refractivity contribution in [2.75, 3.05) is 20.6 Å². The van der Waals surface area contributed by atoms with E-state index in [-0.39, 0.29) is 11.9 Å². The standard InChI is InChI=1S/C21H28N4O/c1-15-19(13-22-16(2)23-15)21(26)25-12-6-5-7-20(25)18-10-8-17(9-11-18)14-24(3)4/h8-11,13,20H,5-7,12,14H2,1-4H3/t20-/m0/s1. The molecular formula is C21H28N4O. The van der Waals surface area contributed by atoms with Gasteiger partial charge < -0.3 is 9.80 Å². The Labute approximate surface area is 156 Å². The third-order valence-corrected chi connectivity index (χ3v) is 4.96. The fourth-order valence-corrected chi connectivity index (χ4v) is 3.68. The summed E-state index contributed by atoms with van der Waals surface area (Å²) < 4.78 is 0. The van der Waals surface area contributed by atoms with Gasteiger partial charge in [0.25, 0.3) is 5.91 Å². The Morgan fingerprint density at radius 2 is 1.92 bits per heavy atom. The number of rotatable bonds is 4. The minimum absolute atomic E-state index is 0.0459. The van der Waals surface area contributed by atoms with Gasteiger partial charge in [-0.05, 0) is 58.3 Å². The molecule has 5 nitrogen and oxygen atoms in total. The molecule has 1 aliphatic rings. The van der Waals surface area contributed by atoms with E-state index >= 15 is 0 Å². The summed E-state index contributed by atoms with van der Waals surface area (Å²) in [6, 6.07) is 8.83. The molecule has 2 heterocycles. The Morgan fingerprint density at radius 3 is 2.58 bits per heavy atom. The molecule has 1 aromatic heterocycles. The van der Waals surface area contributed by atoms with Crippen molar-refractivity contribution >= 4 is 5.91 Å². The number of carbonyl (C=O) groups is 1. The molecule has 1 atom stereocenters. The zero-order chi connectivity index (χ0) is 18.7. The maximum Gasteiger partial charge on any atom is 0.257 e. The van der Waals surface area contributed by atoms with Gasteiger partial charge in [0.1, 0.15) is 5.82 Å². The Morgan fingerprint density at radius 1 is 1.19 bits per heavy atom. The van der Waals surface area contributed by atoms with Gasteiger partial charge in [0.15, 0.2) is 0 Å². The van der Waals surface area contributed by atoms with Crippen molar-refractivity contribution in [2.24, 2.45) is 0 Å². The van der Waals surface area contributed by atoms with Crippen LogP contribution in [0.2, 0.25) is 0 Å². The van der Waals surface area contributed by atoms with Gasteiger partial charge >= 0.3 is 0 Å². The van der Waals surface area contributed by atoms with Crippen molar-refractivity contribution in [3.63, 3.8) is 0 Å². The van der Waals surface area contributed by atoms with Crippen LogP contribution in [0.5, 0.6) is 0 Å². The van der Waals surface area contributed by atoms with Crippen LogP contribution in [0.15, 0.2) is 30.5 Å². The van der Waals surface area contributed by atoms with E-state index < -0.39 is 0 Å². The van der Waals surface area contributed by atoms with Crippen LogP contribution in [0.4, 0.5) is 0 Å². The lowest BCUT2D eigenvalue weighted by Crippen LogP contribution is -2.39. The van der Waals surface area contributed by atoms with Gasteiger partial charge in [0.05, 0.1) is 17.3 Å². The van der Waals surface area contributed by atoms with Crippen molar-refractivity contribution in [3.05, 3.63) is 58.7 Å². The van der Waals surface area contributed by atoms with Crippen LogP contribution in [-0.4, -0.2) is 46.3 Å². The first-order valence-electron chi connectivity index (χ1n) is 9.30. The Bertz CT molecular complexity index is 770. The minimum atomic E-state index is 0.0459. The lowest BCUT2D eigenvalue weighted by Gasteiger charge is -2.36. The molecular weight excluding hydrogens is 324 g/mol. The number of aryl methyl sites for hydroxylation is 2. The summed E-state index contributed by atoms with van der Waals surface area (Å²) in [4.78, 5) is 25.9. The Balaban J connectivity index is 1.84. The van der Waals surface area contributed by atoms with Crippen molar-refractivity contribution in [1.82, 2.24) is 19.8 Å². The van der Waals surface area contributed by atoms with Gasteiger partial charge in [-0.1, -0.05) is 24.3 Å². The summed E-state index contributed by atoms with van der Waals surface area (Å²) in [7, 11) is 4.14. The average Bonchev–Trinajstić information content (AvgIpc) is 2.61. The normalized spacial score (nSPS) is 17.6. The van der Waals surface area contributed by atoms with Gasteiger partial charge in [-0.2, -0.15) is 0 Å². The van der Waals surface area contributed by atoms with E-state index in [0.717, 1.165) is 38.0 Å². The summed E-state index contributed by atoms with van der Waals surface area (Å²) in [6.45, 7) is 5.45. The molecule has 138 valence electrons. The highest BCUT2D eigenvalue weighted by molar-refractivity contribution is 5.95. The molecule has 0 aliphatic carbocycles. The highest BCUT2D eigenvalue weighted by atomic mass is 16.2. The van der Waals surface area contributed by atoms with E-state index in [2.05, 4.69) is 53.2 Å². The molecule has 3 rings (SSSR count). The predicted molar refractivity (Wildman–Crippen MR) is 103 cm³/mol. The fourth-order valence-electron chi connectivity index (χ4n) is 3.68. The molecule has 1 saturated heterocycles. The van der Waals surface area contributed by atoms with Crippen LogP contribution in [0, 0.1) is 13.8 Å². The Hall–Kier alpha value is -2.27. The summed E-state index contributed by atoms with van der Waals surface area (Å²) >= 11 is 0. The highest BCUT2D eigenvalue weighted by Gasteiger charge is 2.29. The maximum atomic E-state index is 13.2. The lowest BCUT2D eigenvalue weighted by atomic mass is 9.93. The summed E-state index contributed by atoms with van der Waals surface area (Å²) in [5.41, 5.74) is 3.88. The molecule has 1 aromatic carbocycles. The number of nitrogens with zero attached hydrogens (tertiary/aromatic N) is 4. The number of piperidine rings is 1. The van der Waals surface area contributed by atoms with Crippen LogP contribution >= 0.6 is 0 Å². The molecule has 0 bridgehead atoms. The minimum Gasteiger partial charge on any atom is -0.332 e. The van der Waals surface area contributed by atoms with E-state index in [1.807, 2.05) is 18.7 Å². The third-order valence-electron chi connectivity index (χ3n) is 4.96. The third kappa shape index (κ3) is 4.10. The molecule has 0 N–H and O–H groups in total. The topological polar surface area (TPSA) is 49.3 Å². The summed E-state index contributed by atoms with van der Waals surface area (Å²) in [5.74, 6) is 0.746. The molecule has 0 saturated carbocycles. The van der Waals surface area contributed by atoms with Gasteiger partial charge in [-0.3, -0.25) is 4.79 Å². The van der Waals surface area contributed by atoms with Gasteiger partial charge in [0.2, 0.25) is 0 Å². The molecule has 1 fully saturated rings. The SMILES string of the molecule is Cc1ncc(C(=O)N2CCCC[C@H]2c2ccc(CN(C)C)cc2)c(C)n1. The molecule has 5 heteroatoms. The first kappa shape index (κ1) is 18.5.